The van der Waals surface area contributed by atoms with Gasteiger partial charge in [0.2, 0.25) is 0 Å². The van der Waals surface area contributed by atoms with Crippen molar-refractivity contribution in [1.29, 1.82) is 0 Å². The number of hydrogen-bond acceptors (Lipinski definition) is 2. The van der Waals surface area contributed by atoms with Crippen molar-refractivity contribution in [3.05, 3.63) is 0 Å². The molecular formula is C18H36O2Sn. The van der Waals surface area contributed by atoms with Gasteiger partial charge in [0.05, 0.1) is 0 Å². The van der Waals surface area contributed by atoms with Crippen molar-refractivity contribution in [3.8, 4) is 0 Å². The van der Waals surface area contributed by atoms with Gasteiger partial charge in [-0.2, -0.15) is 0 Å². The van der Waals surface area contributed by atoms with Crippen molar-refractivity contribution in [3.63, 3.8) is 0 Å². The Balaban J connectivity index is 0. The molecule has 21 heavy (non-hydrogen) atoms. The molecule has 0 aliphatic heterocycles. The van der Waals surface area contributed by atoms with Gasteiger partial charge in [0, 0.05) is 5.97 Å². The molecule has 1 atom stereocenters. The van der Waals surface area contributed by atoms with Crippen LogP contribution in [-0.2, 0) is 4.79 Å². The third-order valence-electron chi connectivity index (χ3n) is 3.64. The van der Waals surface area contributed by atoms with Crippen LogP contribution < -0.4 is 5.11 Å². The van der Waals surface area contributed by atoms with Crippen molar-refractivity contribution in [2.45, 2.75) is 96.8 Å². The van der Waals surface area contributed by atoms with E-state index >= 15 is 0 Å². The second kappa shape index (κ2) is 15.2. The van der Waals surface area contributed by atoms with Gasteiger partial charge >= 0.3 is 72.4 Å². The maximum absolute atomic E-state index is 10.0. The van der Waals surface area contributed by atoms with Crippen molar-refractivity contribution >= 4 is 28.5 Å². The van der Waals surface area contributed by atoms with E-state index in [0.29, 0.717) is 5.41 Å². The molecule has 1 unspecified atom stereocenters. The quantitative estimate of drug-likeness (QED) is 0.398. The summed E-state index contributed by atoms with van der Waals surface area (Å²) in [6.07, 6.45) is 9.94. The first kappa shape index (κ1) is 23.5. The summed E-state index contributed by atoms with van der Waals surface area (Å²) in [7, 11) is 0. The number of carboxylic acid groups (broad SMARTS) is 1. The summed E-state index contributed by atoms with van der Waals surface area (Å²) in [5, 5.41) is 10.0. The monoisotopic (exact) mass is 404 g/mol. The fourth-order valence-electron chi connectivity index (χ4n) is 2.04. The molecule has 0 aromatic carbocycles. The number of carbonyl (C=O) groups excluding carboxylic acids is 1. The first-order valence-electron chi connectivity index (χ1n) is 8.61. The number of unbranched alkanes of at least 4 members (excludes halogenated alkanes) is 3. The first-order valence-corrected chi connectivity index (χ1v) is 10.6. The van der Waals surface area contributed by atoms with Crippen LogP contribution in [0.25, 0.3) is 0 Å². The number of hydrogen-bond donors (Lipinski definition) is 0. The molecule has 0 rings (SSSR count). The van der Waals surface area contributed by atoms with Crippen molar-refractivity contribution in [2.24, 2.45) is 11.3 Å². The predicted octanol–water partition coefficient (Wildman–Crippen LogP) is 4.52. The Morgan fingerprint density at radius 3 is 2.10 bits per heavy atom. The van der Waals surface area contributed by atoms with Gasteiger partial charge < -0.3 is 9.90 Å². The van der Waals surface area contributed by atoms with Crippen LogP contribution >= 0.6 is 0 Å². The van der Waals surface area contributed by atoms with Crippen molar-refractivity contribution < 1.29 is 9.90 Å². The van der Waals surface area contributed by atoms with Crippen LogP contribution in [0, 0.1) is 11.3 Å². The Morgan fingerprint density at radius 2 is 1.71 bits per heavy atom. The van der Waals surface area contributed by atoms with Gasteiger partial charge in [-0.25, -0.2) is 0 Å². The fourth-order valence-corrected chi connectivity index (χ4v) is 3.45. The summed E-state index contributed by atoms with van der Waals surface area (Å²) in [6.45, 7) is 11.2. The van der Waals surface area contributed by atoms with Crippen molar-refractivity contribution in [2.75, 3.05) is 0 Å². The summed E-state index contributed by atoms with van der Waals surface area (Å²) in [6, 6.07) is 0. The summed E-state index contributed by atoms with van der Waals surface area (Å²) in [5.74, 6) is 0.119. The molecule has 2 nitrogen and oxygen atoms in total. The topological polar surface area (TPSA) is 40.1 Å². The number of rotatable bonds is 10. The Morgan fingerprint density at radius 1 is 1.10 bits per heavy atom. The van der Waals surface area contributed by atoms with Gasteiger partial charge in [-0.15, -0.1) is 0 Å². The molecule has 0 heterocycles. The first-order chi connectivity index (χ1) is 9.76. The van der Waals surface area contributed by atoms with Crippen LogP contribution in [-0.4, -0.2) is 28.5 Å². The Hall–Kier alpha value is 0.269. The average Bonchev–Trinajstić information content (AvgIpc) is 2.39. The van der Waals surface area contributed by atoms with Gasteiger partial charge in [0.25, 0.3) is 0 Å². The summed E-state index contributed by atoms with van der Waals surface area (Å²) in [4.78, 5) is 10.0. The van der Waals surface area contributed by atoms with Gasteiger partial charge in [-0.3, -0.25) is 0 Å². The van der Waals surface area contributed by atoms with Crippen molar-refractivity contribution in [1.82, 2.24) is 0 Å². The Kier molecular flexibility index (Phi) is 17.0. The molecular weight excluding hydrogens is 367 g/mol. The molecule has 0 aliphatic rings. The second-order valence-corrected chi connectivity index (χ2v) is 8.28. The van der Waals surface area contributed by atoms with E-state index < -0.39 is 5.97 Å². The van der Waals surface area contributed by atoms with E-state index in [1.54, 1.807) is 22.5 Å². The molecule has 3 heteroatoms. The minimum atomic E-state index is -0.925. The molecule has 0 saturated heterocycles. The predicted molar refractivity (Wildman–Crippen MR) is 91.4 cm³/mol. The SMILES string of the molecule is CC(C)(C)CCCCCC(=O)[O-].CCCCC(CC)[CH2][Sn+]. The van der Waals surface area contributed by atoms with E-state index in [-0.39, 0.29) is 6.42 Å². The molecule has 2 radical (unpaired) electrons. The van der Waals surface area contributed by atoms with Crippen LogP contribution in [0.4, 0.5) is 0 Å². The third-order valence-corrected chi connectivity index (χ3v) is 5.29. The van der Waals surface area contributed by atoms with Crippen LogP contribution in [0.1, 0.15) is 92.4 Å². The Labute approximate surface area is 146 Å². The minimum absolute atomic E-state index is 0.212. The standard InChI is InChI=1S/C10H20O2.C8H17.Sn/c1-10(2,3)8-6-4-5-7-9(11)12;1-4-6-7-8(3)5-2;/h4-8H2,1-3H3,(H,11,12);8H,3-7H2,1-2H3;/q;;+1/p-1. The molecule has 0 N–H and O–H groups in total. The van der Waals surface area contributed by atoms with E-state index in [1.165, 1.54) is 36.5 Å². The molecule has 0 amide bonds. The maximum atomic E-state index is 10.0. The summed E-state index contributed by atoms with van der Waals surface area (Å²) in [5.41, 5.74) is 0.376. The molecule has 0 aromatic rings. The Bertz CT molecular complexity index is 230. The normalized spacial score (nSPS) is 12.4. The zero-order valence-electron chi connectivity index (χ0n) is 15.0. The molecule has 0 spiro atoms. The second-order valence-electron chi connectivity index (χ2n) is 7.11. The fraction of sp³-hybridized carbons (Fsp3) is 0.944. The molecule has 124 valence electrons. The van der Waals surface area contributed by atoms with Crippen LogP contribution in [0.15, 0.2) is 0 Å². The number of carbonyl (C=O) groups is 1. The number of carboxylic acids is 1. The van der Waals surface area contributed by atoms with Gasteiger partial charge in [-0.05, 0) is 24.7 Å². The molecule has 0 bridgehead atoms. The van der Waals surface area contributed by atoms with Gasteiger partial charge in [0.1, 0.15) is 0 Å². The molecule has 0 aliphatic carbocycles. The number of aliphatic carboxylic acids is 1. The van der Waals surface area contributed by atoms with E-state index in [2.05, 4.69) is 34.6 Å². The van der Waals surface area contributed by atoms with Gasteiger partial charge in [0.15, 0.2) is 0 Å². The van der Waals surface area contributed by atoms with Crippen LogP contribution in [0.5, 0.6) is 0 Å². The zero-order chi connectivity index (χ0) is 16.7. The van der Waals surface area contributed by atoms with Crippen LogP contribution in [0.3, 0.4) is 0 Å². The van der Waals surface area contributed by atoms with Gasteiger partial charge in [-0.1, -0.05) is 33.6 Å². The van der Waals surface area contributed by atoms with E-state index in [9.17, 15) is 9.90 Å². The third kappa shape index (κ3) is 22.7. The summed E-state index contributed by atoms with van der Waals surface area (Å²) < 4.78 is 1.46. The summed E-state index contributed by atoms with van der Waals surface area (Å²) >= 11 is 1.71. The molecule has 0 aromatic heterocycles. The van der Waals surface area contributed by atoms with Crippen LogP contribution in [0.2, 0.25) is 4.44 Å². The van der Waals surface area contributed by atoms with E-state index in [1.807, 2.05) is 0 Å². The van der Waals surface area contributed by atoms with E-state index in [4.69, 9.17) is 0 Å². The zero-order valence-corrected chi connectivity index (χ0v) is 17.8. The molecule has 0 fully saturated rings. The van der Waals surface area contributed by atoms with E-state index in [0.717, 1.165) is 25.2 Å². The average molecular weight is 403 g/mol. The molecule has 0 saturated carbocycles.